The van der Waals surface area contributed by atoms with Gasteiger partial charge in [0, 0.05) is 52.6 Å². The number of carbonyl (C=O) groups is 2. The quantitative estimate of drug-likeness (QED) is 0.380. The normalized spacial score (nSPS) is 17.2. The second kappa shape index (κ2) is 11.8. The van der Waals surface area contributed by atoms with Crippen LogP contribution in [0.3, 0.4) is 0 Å². The Labute approximate surface area is 243 Å². The summed E-state index contributed by atoms with van der Waals surface area (Å²) in [6.45, 7) is 0.707. The molecule has 206 valence electrons. The molecule has 0 N–H and O–H groups in total. The fraction of sp³-hybridized carbons (Fsp3) is 0.333. The molecular weight excluding hydrogens is 577 g/mol. The number of hydrogen-bond donors (Lipinski definition) is 0. The number of thiazole rings is 1. The number of hydrogen-bond acceptors (Lipinski definition) is 9. The van der Waals surface area contributed by atoms with Crippen molar-refractivity contribution in [1.29, 1.82) is 5.26 Å². The van der Waals surface area contributed by atoms with Crippen LogP contribution in [0.15, 0.2) is 45.8 Å². The third-order valence-corrected chi connectivity index (χ3v) is 8.60. The van der Waals surface area contributed by atoms with Crippen molar-refractivity contribution in [2.45, 2.75) is 37.8 Å². The van der Waals surface area contributed by atoms with Gasteiger partial charge in [-0.1, -0.05) is 34.4 Å². The Kier molecular flexibility index (Phi) is 8.21. The zero-order chi connectivity index (χ0) is 28.4. The first kappa shape index (κ1) is 27.8. The first-order valence-electron chi connectivity index (χ1n) is 12.4. The number of carbonyl (C=O) groups excluding carboxylic acids is 2. The summed E-state index contributed by atoms with van der Waals surface area (Å²) in [5, 5.41) is 17.5. The summed E-state index contributed by atoms with van der Waals surface area (Å²) in [6, 6.07) is 8.25. The molecule has 5 rings (SSSR count). The maximum absolute atomic E-state index is 13.0. The van der Waals surface area contributed by atoms with Crippen LogP contribution in [0.2, 0.25) is 10.0 Å². The van der Waals surface area contributed by atoms with E-state index in [2.05, 4.69) is 9.89 Å². The predicted octanol–water partition coefficient (Wildman–Crippen LogP) is 4.54. The lowest BCUT2D eigenvalue weighted by atomic mass is 9.97. The molecule has 1 saturated heterocycles. The summed E-state index contributed by atoms with van der Waals surface area (Å²) in [5.41, 5.74) is 1.36. The Morgan fingerprint density at radius 1 is 1.25 bits per heavy atom. The Morgan fingerprint density at radius 3 is 2.65 bits per heavy atom. The molecule has 2 aliphatic rings. The topological polar surface area (TPSA) is 127 Å². The van der Waals surface area contributed by atoms with Crippen molar-refractivity contribution >= 4 is 52.1 Å². The second-order valence-corrected chi connectivity index (χ2v) is 11.1. The van der Waals surface area contributed by atoms with Crippen LogP contribution in [0.1, 0.15) is 63.5 Å². The molecular formula is C27H23Cl2N5O5S. The molecule has 0 spiro atoms. The number of methoxy groups -OCH3 is 1. The van der Waals surface area contributed by atoms with E-state index in [1.807, 2.05) is 5.38 Å². The fourth-order valence-electron chi connectivity index (χ4n) is 4.79. The van der Waals surface area contributed by atoms with Gasteiger partial charge in [-0.3, -0.25) is 9.59 Å². The van der Waals surface area contributed by atoms with Gasteiger partial charge in [-0.2, -0.15) is 5.26 Å². The summed E-state index contributed by atoms with van der Waals surface area (Å²) in [5.74, 6) is -0.789. The monoisotopic (exact) mass is 599 g/mol. The molecule has 10 nitrogen and oxygen atoms in total. The fourth-order valence-corrected chi connectivity index (χ4v) is 6.43. The van der Waals surface area contributed by atoms with Crippen molar-refractivity contribution in [2.24, 2.45) is 5.16 Å². The molecule has 1 amide bonds. The number of aromatic nitrogens is 2. The first-order valence-corrected chi connectivity index (χ1v) is 14.1. The molecule has 1 fully saturated rings. The summed E-state index contributed by atoms with van der Waals surface area (Å²) < 4.78 is 5.77. The van der Waals surface area contributed by atoms with E-state index in [0.717, 1.165) is 27.0 Å². The van der Waals surface area contributed by atoms with E-state index < -0.39 is 11.5 Å². The number of rotatable bonds is 6. The van der Waals surface area contributed by atoms with E-state index in [0.29, 0.717) is 48.0 Å². The number of halogens is 2. The number of nitrogens with zero attached hydrogens (tertiary/aromatic N) is 5. The van der Waals surface area contributed by atoms with Crippen molar-refractivity contribution < 1.29 is 19.2 Å². The minimum atomic E-state index is -0.695. The van der Waals surface area contributed by atoms with Gasteiger partial charge in [-0.15, -0.1) is 11.3 Å². The number of pyridine rings is 1. The van der Waals surface area contributed by atoms with E-state index in [-0.39, 0.29) is 35.6 Å². The molecule has 2 aliphatic heterocycles. The SMILES string of the molecule is COC(=O)c1cc(C#N)c(=O)n(CC(=O)N2CCC(c3nc(C4=NOC(c5c(Cl)cccc5Cl)C4)cs3)CC2)c1. The largest absolute Gasteiger partial charge is 0.465 e. The standard InChI is InChI=1S/C27H23Cl2N5O5S/c1-38-27(37)17-9-16(11-30)26(36)34(12-17)13-23(35)33-7-5-15(6-8-33)25-31-21(14-40-25)20-10-22(39-32-20)24-18(28)3-2-4-19(24)29/h2-4,9,12,14-15,22H,5-8,10,13H2,1H3. The highest BCUT2D eigenvalue weighted by atomic mass is 35.5. The van der Waals surface area contributed by atoms with Gasteiger partial charge in [0.2, 0.25) is 5.91 Å². The summed E-state index contributed by atoms with van der Waals surface area (Å²) in [4.78, 5) is 49.6. The molecule has 0 radical (unpaired) electrons. The average Bonchev–Trinajstić information content (AvgIpc) is 3.64. The van der Waals surface area contributed by atoms with Crippen LogP contribution in [0.5, 0.6) is 0 Å². The number of likely N-dealkylation sites (tertiary alicyclic amines) is 1. The lowest BCUT2D eigenvalue weighted by Crippen LogP contribution is -2.41. The maximum atomic E-state index is 13.0. The Balaban J connectivity index is 1.20. The number of esters is 1. The zero-order valence-corrected chi connectivity index (χ0v) is 23.6. The molecule has 1 aromatic carbocycles. The highest BCUT2D eigenvalue weighted by Crippen LogP contribution is 2.39. The minimum absolute atomic E-state index is 0.0308. The number of amides is 1. The van der Waals surface area contributed by atoms with Crippen molar-refractivity contribution in [3.63, 3.8) is 0 Å². The smallest absolute Gasteiger partial charge is 0.339 e. The van der Waals surface area contributed by atoms with Gasteiger partial charge in [0.05, 0.1) is 23.4 Å². The molecule has 0 saturated carbocycles. The van der Waals surface area contributed by atoms with Gasteiger partial charge >= 0.3 is 5.97 Å². The minimum Gasteiger partial charge on any atom is -0.465 e. The molecule has 13 heteroatoms. The van der Waals surface area contributed by atoms with Crippen molar-refractivity contribution in [3.8, 4) is 6.07 Å². The molecule has 3 aromatic rings. The van der Waals surface area contributed by atoms with Gasteiger partial charge in [0.25, 0.3) is 5.56 Å². The van der Waals surface area contributed by atoms with Gasteiger partial charge in [-0.25, -0.2) is 9.78 Å². The van der Waals surface area contributed by atoms with Crippen molar-refractivity contribution in [3.05, 3.63) is 83.6 Å². The molecule has 1 unspecified atom stereocenters. The van der Waals surface area contributed by atoms with Crippen molar-refractivity contribution in [1.82, 2.24) is 14.5 Å². The van der Waals surface area contributed by atoms with Crippen molar-refractivity contribution in [2.75, 3.05) is 20.2 Å². The van der Waals surface area contributed by atoms with E-state index in [1.54, 1.807) is 40.5 Å². The van der Waals surface area contributed by atoms with Gasteiger partial charge in [-0.05, 0) is 31.0 Å². The third-order valence-electron chi connectivity index (χ3n) is 6.94. The summed E-state index contributed by atoms with van der Waals surface area (Å²) >= 11 is 14.2. The summed E-state index contributed by atoms with van der Waals surface area (Å²) in [7, 11) is 1.20. The Bertz CT molecular complexity index is 1580. The molecule has 40 heavy (non-hydrogen) atoms. The van der Waals surface area contributed by atoms with Gasteiger partial charge in [0.15, 0.2) is 6.10 Å². The van der Waals surface area contributed by atoms with Crippen LogP contribution < -0.4 is 5.56 Å². The number of oxime groups is 1. The number of piperidine rings is 1. The predicted molar refractivity (Wildman–Crippen MR) is 149 cm³/mol. The Morgan fingerprint density at radius 2 is 1.98 bits per heavy atom. The lowest BCUT2D eigenvalue weighted by Gasteiger charge is -2.31. The molecule has 0 bridgehead atoms. The van der Waals surface area contributed by atoms with Crippen LogP contribution in [0, 0.1) is 11.3 Å². The number of benzene rings is 1. The maximum Gasteiger partial charge on any atom is 0.339 e. The van der Waals surface area contributed by atoms with Gasteiger partial charge in [0.1, 0.15) is 23.9 Å². The van der Waals surface area contributed by atoms with Gasteiger partial charge < -0.3 is 19.0 Å². The van der Waals surface area contributed by atoms with Crippen LogP contribution in [-0.4, -0.2) is 52.2 Å². The lowest BCUT2D eigenvalue weighted by molar-refractivity contribution is -0.132. The highest BCUT2D eigenvalue weighted by Gasteiger charge is 2.31. The molecule has 0 aliphatic carbocycles. The van der Waals surface area contributed by atoms with E-state index in [9.17, 15) is 19.6 Å². The zero-order valence-electron chi connectivity index (χ0n) is 21.3. The number of nitriles is 1. The second-order valence-electron chi connectivity index (χ2n) is 9.38. The first-order chi connectivity index (χ1) is 19.3. The van der Waals surface area contributed by atoms with Crippen LogP contribution in [-0.2, 0) is 20.9 Å². The highest BCUT2D eigenvalue weighted by molar-refractivity contribution is 7.10. The third kappa shape index (κ3) is 5.61. The Hall–Kier alpha value is -3.72. The van der Waals surface area contributed by atoms with Crippen LogP contribution in [0.4, 0.5) is 0 Å². The van der Waals surface area contributed by atoms with E-state index in [4.69, 9.17) is 33.0 Å². The van der Waals surface area contributed by atoms with Crippen LogP contribution in [0.25, 0.3) is 0 Å². The molecule has 1 atom stereocenters. The molecule has 4 heterocycles. The molecule has 2 aromatic heterocycles. The van der Waals surface area contributed by atoms with E-state index in [1.165, 1.54) is 13.3 Å². The average molecular weight is 600 g/mol. The van der Waals surface area contributed by atoms with E-state index >= 15 is 0 Å². The summed E-state index contributed by atoms with van der Waals surface area (Å²) in [6.07, 6.45) is 2.79. The van der Waals surface area contributed by atoms with Crippen LogP contribution >= 0.6 is 34.5 Å². The number of ether oxygens (including phenoxy) is 1.